The molecule has 0 bridgehead atoms. The number of hydrogen-bond acceptors (Lipinski definition) is 3. The largest absolute Gasteiger partial charge is 0.241 e. The van der Waals surface area contributed by atoms with Crippen LogP contribution in [-0.2, 0) is 0 Å². The summed E-state index contributed by atoms with van der Waals surface area (Å²) in [7, 11) is 0. The Labute approximate surface area is 112 Å². The van der Waals surface area contributed by atoms with Crippen molar-refractivity contribution in [1.82, 2.24) is 20.0 Å². The number of halogens is 1. The topological polar surface area (TPSA) is 43.6 Å². The van der Waals surface area contributed by atoms with E-state index in [-0.39, 0.29) is 0 Å². The summed E-state index contributed by atoms with van der Waals surface area (Å²) in [6.07, 6.45) is 4.52. The van der Waals surface area contributed by atoms with Gasteiger partial charge in [-0.25, -0.2) is 9.67 Å². The molecule has 0 aliphatic carbocycles. The molecule has 0 radical (unpaired) electrons. The molecule has 0 saturated carbocycles. The normalized spacial score (nSPS) is 11.6. The second-order valence-corrected chi connectivity index (χ2v) is 5.05. The zero-order chi connectivity index (χ0) is 13.1. The maximum absolute atomic E-state index is 6.11. The van der Waals surface area contributed by atoms with E-state index in [1.54, 1.807) is 0 Å². The van der Waals surface area contributed by atoms with Crippen molar-refractivity contribution in [3.8, 4) is 0 Å². The van der Waals surface area contributed by atoms with Gasteiger partial charge in [0, 0.05) is 5.69 Å². The summed E-state index contributed by atoms with van der Waals surface area (Å²) in [5.74, 6) is 0. The summed E-state index contributed by atoms with van der Waals surface area (Å²) in [6, 6.07) is 2.42. The third kappa shape index (κ3) is 2.48. The van der Waals surface area contributed by atoms with Gasteiger partial charge in [0.15, 0.2) is 5.15 Å². The first-order valence-electron chi connectivity index (χ1n) is 6.55. The molecule has 0 atom stereocenters. The maximum Gasteiger partial charge on any atom is 0.159 e. The van der Waals surface area contributed by atoms with Gasteiger partial charge < -0.3 is 0 Å². The Morgan fingerprint density at radius 1 is 1.28 bits per heavy atom. The van der Waals surface area contributed by atoms with Gasteiger partial charge in [0.1, 0.15) is 5.52 Å². The van der Waals surface area contributed by atoms with Crippen LogP contribution in [0.15, 0.2) is 6.07 Å². The molecule has 2 rings (SSSR count). The third-order valence-corrected chi connectivity index (χ3v) is 3.40. The Bertz CT molecular complexity index is 529. The number of aryl methyl sites for hydroxylation is 1. The lowest BCUT2D eigenvalue weighted by Gasteiger charge is -2.16. The van der Waals surface area contributed by atoms with Crippen LogP contribution < -0.4 is 0 Å². The minimum atomic E-state index is 0.405. The first kappa shape index (κ1) is 13.3. The molecule has 2 aromatic heterocycles. The predicted octanol–water partition coefficient (Wildman–Crippen LogP) is 3.93. The van der Waals surface area contributed by atoms with E-state index >= 15 is 0 Å². The fourth-order valence-electron chi connectivity index (χ4n) is 2.35. The molecule has 0 unspecified atom stereocenters. The van der Waals surface area contributed by atoms with Crippen LogP contribution in [-0.4, -0.2) is 20.0 Å². The van der Waals surface area contributed by atoms with Crippen molar-refractivity contribution in [3.63, 3.8) is 0 Å². The highest BCUT2D eigenvalue weighted by Crippen LogP contribution is 2.26. The van der Waals surface area contributed by atoms with Crippen LogP contribution in [0.2, 0.25) is 5.15 Å². The van der Waals surface area contributed by atoms with Crippen molar-refractivity contribution < 1.29 is 0 Å². The molecule has 0 aliphatic rings. The minimum Gasteiger partial charge on any atom is -0.241 e. The van der Waals surface area contributed by atoms with Crippen molar-refractivity contribution in [2.45, 2.75) is 52.5 Å². The van der Waals surface area contributed by atoms with E-state index in [1.165, 1.54) is 0 Å². The fraction of sp³-hybridized carbons (Fsp3) is 0.615. The summed E-state index contributed by atoms with van der Waals surface area (Å²) in [5.41, 5.74) is 2.61. The van der Waals surface area contributed by atoms with Crippen LogP contribution in [0.4, 0.5) is 0 Å². The molecule has 0 amide bonds. The quantitative estimate of drug-likeness (QED) is 0.770. The molecule has 2 heterocycles. The molecule has 98 valence electrons. The predicted molar refractivity (Wildman–Crippen MR) is 73.9 cm³/mol. The third-order valence-electron chi connectivity index (χ3n) is 3.14. The van der Waals surface area contributed by atoms with Gasteiger partial charge in [-0.2, -0.15) is 0 Å². The van der Waals surface area contributed by atoms with Crippen LogP contribution in [0, 0.1) is 6.92 Å². The fourth-order valence-corrected chi connectivity index (χ4v) is 2.61. The van der Waals surface area contributed by atoms with Crippen molar-refractivity contribution >= 4 is 22.6 Å². The summed E-state index contributed by atoms with van der Waals surface area (Å²) >= 11 is 6.11. The molecular weight excluding hydrogens is 248 g/mol. The molecule has 0 spiro atoms. The molecule has 2 aromatic rings. The number of rotatable bonds is 5. The Kier molecular flexibility index (Phi) is 4.17. The molecule has 0 aliphatic heterocycles. The summed E-state index contributed by atoms with van der Waals surface area (Å²) < 4.78 is 2.02. The number of pyridine rings is 1. The Morgan fingerprint density at radius 3 is 2.56 bits per heavy atom. The monoisotopic (exact) mass is 266 g/mol. The number of aromatic nitrogens is 4. The highest BCUT2D eigenvalue weighted by atomic mass is 35.5. The molecule has 0 aromatic carbocycles. The van der Waals surface area contributed by atoms with Gasteiger partial charge in [-0.05, 0) is 25.8 Å². The highest BCUT2D eigenvalue weighted by molar-refractivity contribution is 6.33. The Balaban J connectivity index is 2.49. The van der Waals surface area contributed by atoms with Gasteiger partial charge in [0.05, 0.1) is 11.6 Å². The van der Waals surface area contributed by atoms with Gasteiger partial charge in [0.2, 0.25) is 0 Å². The standard InChI is InChI=1S/C13H19ClN4/c1-4-6-10(7-5-2)18-11-8-9(3)15-13(14)12(11)16-17-18/h8,10H,4-7H2,1-3H3. The summed E-state index contributed by atoms with van der Waals surface area (Å²) in [5, 5.41) is 8.89. The minimum absolute atomic E-state index is 0.405. The average molecular weight is 267 g/mol. The first-order chi connectivity index (χ1) is 8.67. The van der Waals surface area contributed by atoms with Crippen molar-refractivity contribution in [1.29, 1.82) is 0 Å². The Morgan fingerprint density at radius 2 is 1.94 bits per heavy atom. The maximum atomic E-state index is 6.11. The van der Waals surface area contributed by atoms with Crippen molar-refractivity contribution in [2.75, 3.05) is 0 Å². The molecule has 18 heavy (non-hydrogen) atoms. The van der Waals surface area contributed by atoms with Gasteiger partial charge in [-0.1, -0.05) is 43.5 Å². The van der Waals surface area contributed by atoms with Gasteiger partial charge in [-0.3, -0.25) is 0 Å². The summed E-state index contributed by atoms with van der Waals surface area (Å²) in [4.78, 5) is 4.22. The SMILES string of the molecule is CCCC(CCC)n1nnc2c(Cl)nc(C)cc21. The lowest BCUT2D eigenvalue weighted by atomic mass is 10.1. The van der Waals surface area contributed by atoms with E-state index in [0.717, 1.165) is 36.9 Å². The second-order valence-electron chi connectivity index (χ2n) is 4.69. The van der Waals surface area contributed by atoms with Gasteiger partial charge in [-0.15, -0.1) is 5.10 Å². The van der Waals surface area contributed by atoms with E-state index in [4.69, 9.17) is 11.6 Å². The molecule has 0 saturated heterocycles. The zero-order valence-electron chi connectivity index (χ0n) is 11.1. The van der Waals surface area contributed by atoms with Crippen molar-refractivity contribution in [3.05, 3.63) is 16.9 Å². The second kappa shape index (κ2) is 5.65. The molecular formula is C13H19ClN4. The van der Waals surface area contributed by atoms with E-state index in [9.17, 15) is 0 Å². The molecule has 0 N–H and O–H groups in total. The molecule has 4 nitrogen and oxygen atoms in total. The highest BCUT2D eigenvalue weighted by Gasteiger charge is 2.16. The van der Waals surface area contributed by atoms with Gasteiger partial charge >= 0.3 is 0 Å². The van der Waals surface area contributed by atoms with Crippen molar-refractivity contribution in [2.24, 2.45) is 0 Å². The number of hydrogen-bond donors (Lipinski definition) is 0. The molecule has 5 heteroatoms. The average Bonchev–Trinajstić information content (AvgIpc) is 2.72. The lowest BCUT2D eigenvalue weighted by molar-refractivity contribution is 0.393. The molecule has 0 fully saturated rings. The lowest BCUT2D eigenvalue weighted by Crippen LogP contribution is -2.10. The van der Waals surface area contributed by atoms with E-state index in [1.807, 2.05) is 17.7 Å². The van der Waals surface area contributed by atoms with Crippen LogP contribution in [0.25, 0.3) is 11.0 Å². The van der Waals surface area contributed by atoms with Crippen LogP contribution in [0.3, 0.4) is 0 Å². The van der Waals surface area contributed by atoms with E-state index in [2.05, 4.69) is 29.1 Å². The first-order valence-corrected chi connectivity index (χ1v) is 6.93. The number of nitrogens with zero attached hydrogens (tertiary/aromatic N) is 4. The van der Waals surface area contributed by atoms with Crippen LogP contribution in [0.1, 0.15) is 51.3 Å². The smallest absolute Gasteiger partial charge is 0.159 e. The van der Waals surface area contributed by atoms with Crippen LogP contribution in [0.5, 0.6) is 0 Å². The van der Waals surface area contributed by atoms with E-state index < -0.39 is 0 Å². The summed E-state index contributed by atoms with van der Waals surface area (Å²) in [6.45, 7) is 6.33. The van der Waals surface area contributed by atoms with Gasteiger partial charge in [0.25, 0.3) is 0 Å². The van der Waals surface area contributed by atoms with E-state index in [0.29, 0.717) is 16.7 Å². The number of fused-ring (bicyclic) bond motifs is 1. The Hall–Kier alpha value is -1.16. The zero-order valence-corrected chi connectivity index (χ0v) is 11.9. The van der Waals surface area contributed by atoms with Crippen LogP contribution >= 0.6 is 11.6 Å².